The molecule has 0 spiro atoms. The van der Waals surface area contributed by atoms with Gasteiger partial charge in [-0.2, -0.15) is 5.10 Å². The highest BCUT2D eigenvalue weighted by Crippen LogP contribution is 2.49. The van der Waals surface area contributed by atoms with Crippen LogP contribution in [-0.4, -0.2) is 34.3 Å². The fourth-order valence-corrected chi connectivity index (χ4v) is 4.48. The number of ether oxygens (including phenoxy) is 1. The van der Waals surface area contributed by atoms with Crippen LogP contribution in [-0.2, 0) is 0 Å². The van der Waals surface area contributed by atoms with Gasteiger partial charge in [0.15, 0.2) is 11.5 Å². The summed E-state index contributed by atoms with van der Waals surface area (Å²) in [5.41, 5.74) is 4.88. The molecule has 5 aromatic heterocycles. The van der Waals surface area contributed by atoms with E-state index in [-0.39, 0.29) is 5.92 Å². The minimum Gasteiger partial charge on any atom is -0.468 e. The molecule has 0 fully saturated rings. The Kier molecular flexibility index (Phi) is 3.92. The average Bonchev–Trinajstić information content (AvgIpc) is 3.63. The van der Waals surface area contributed by atoms with Crippen molar-refractivity contribution in [1.82, 2.24) is 34.3 Å². The first-order chi connectivity index (χ1) is 16.8. The van der Waals surface area contributed by atoms with Crippen molar-refractivity contribution in [1.29, 1.82) is 0 Å². The fourth-order valence-electron chi connectivity index (χ4n) is 4.48. The summed E-state index contributed by atoms with van der Waals surface area (Å²) in [5, 5.41) is 9.44. The smallest absolute Gasteiger partial charge is 0.230 e. The van der Waals surface area contributed by atoms with Crippen molar-refractivity contribution in [2.45, 2.75) is 12.8 Å². The number of para-hydroxylation sites is 1. The maximum Gasteiger partial charge on any atom is 0.230 e. The van der Waals surface area contributed by atoms with E-state index in [1.54, 1.807) is 34.2 Å². The second kappa shape index (κ2) is 7.11. The highest BCUT2D eigenvalue weighted by Gasteiger charge is 2.39. The first-order valence-electron chi connectivity index (χ1n) is 10.8. The van der Waals surface area contributed by atoms with E-state index in [4.69, 9.17) is 19.2 Å². The zero-order chi connectivity index (χ0) is 22.6. The van der Waals surface area contributed by atoms with Crippen molar-refractivity contribution < 1.29 is 9.15 Å². The lowest BCUT2D eigenvalue weighted by Gasteiger charge is -2.24. The highest BCUT2D eigenvalue weighted by atomic mass is 16.5. The molecule has 0 amide bonds. The van der Waals surface area contributed by atoms with Crippen molar-refractivity contribution in [2.24, 2.45) is 0 Å². The highest BCUT2D eigenvalue weighted by molar-refractivity contribution is 5.67. The molecule has 9 nitrogen and oxygen atoms in total. The standard InChI is InChI=1S/C25H17N7O2/c1-15-19-20(18-10-6-12-33-18)21-23-28-22(16-7-5-11-26-13-16)30-31(23)14-27-24(21)34-25(19)32(29-15)17-8-3-2-4-9-17/h2-14,20H,1H3. The molecule has 0 saturated carbocycles. The molecular formula is C25H17N7O2. The number of rotatable bonds is 3. The molecule has 0 saturated heterocycles. The van der Waals surface area contributed by atoms with Crippen LogP contribution in [0.5, 0.6) is 11.8 Å². The zero-order valence-electron chi connectivity index (χ0n) is 18.0. The van der Waals surface area contributed by atoms with E-state index in [0.29, 0.717) is 23.2 Å². The van der Waals surface area contributed by atoms with Gasteiger partial charge in [0.2, 0.25) is 11.8 Å². The minimum atomic E-state index is -0.312. The van der Waals surface area contributed by atoms with Crippen LogP contribution in [0.2, 0.25) is 0 Å². The van der Waals surface area contributed by atoms with Crippen molar-refractivity contribution >= 4 is 5.65 Å². The van der Waals surface area contributed by atoms with Gasteiger partial charge in [0.1, 0.15) is 12.1 Å². The molecular weight excluding hydrogens is 430 g/mol. The molecule has 1 aliphatic heterocycles. The van der Waals surface area contributed by atoms with E-state index >= 15 is 0 Å². The lowest BCUT2D eigenvalue weighted by Crippen LogP contribution is -2.15. The summed E-state index contributed by atoms with van der Waals surface area (Å²) in [7, 11) is 0. The Balaban J connectivity index is 1.49. The number of aryl methyl sites for hydroxylation is 1. The molecule has 6 heterocycles. The van der Waals surface area contributed by atoms with Gasteiger partial charge in [0.25, 0.3) is 0 Å². The molecule has 0 N–H and O–H groups in total. The third kappa shape index (κ3) is 2.70. The molecule has 1 aromatic carbocycles. The third-order valence-electron chi connectivity index (χ3n) is 5.97. The largest absolute Gasteiger partial charge is 0.468 e. The van der Waals surface area contributed by atoms with E-state index in [2.05, 4.69) is 15.1 Å². The number of benzene rings is 1. The summed E-state index contributed by atoms with van der Waals surface area (Å²) in [6, 6.07) is 17.5. The van der Waals surface area contributed by atoms with E-state index < -0.39 is 0 Å². The van der Waals surface area contributed by atoms with Crippen LogP contribution in [0, 0.1) is 6.92 Å². The van der Waals surface area contributed by atoms with Gasteiger partial charge in [0.05, 0.1) is 34.7 Å². The summed E-state index contributed by atoms with van der Waals surface area (Å²) in [6.07, 6.45) is 6.74. The molecule has 7 rings (SSSR count). The second-order valence-corrected chi connectivity index (χ2v) is 8.01. The fraction of sp³-hybridized carbons (Fsp3) is 0.0800. The van der Waals surface area contributed by atoms with Gasteiger partial charge in [-0.1, -0.05) is 18.2 Å². The predicted octanol–water partition coefficient (Wildman–Crippen LogP) is 4.56. The van der Waals surface area contributed by atoms with E-state index in [0.717, 1.165) is 33.8 Å². The number of nitrogens with zero attached hydrogens (tertiary/aromatic N) is 7. The van der Waals surface area contributed by atoms with Crippen molar-refractivity contribution in [2.75, 3.05) is 0 Å². The Morgan fingerprint density at radius 2 is 1.85 bits per heavy atom. The maximum atomic E-state index is 6.39. The van der Waals surface area contributed by atoms with Gasteiger partial charge in [0, 0.05) is 18.0 Å². The Bertz CT molecular complexity index is 1640. The molecule has 1 atom stereocenters. The van der Waals surface area contributed by atoms with Crippen LogP contribution in [0.15, 0.2) is 84.0 Å². The Hall–Kier alpha value is -4.79. The van der Waals surface area contributed by atoms with Gasteiger partial charge in [-0.05, 0) is 43.3 Å². The maximum absolute atomic E-state index is 6.39. The molecule has 1 aliphatic rings. The average molecular weight is 447 g/mol. The predicted molar refractivity (Wildman–Crippen MR) is 122 cm³/mol. The number of furan rings is 1. The van der Waals surface area contributed by atoms with Gasteiger partial charge < -0.3 is 9.15 Å². The Morgan fingerprint density at radius 1 is 0.941 bits per heavy atom. The second-order valence-electron chi connectivity index (χ2n) is 8.01. The van der Waals surface area contributed by atoms with Crippen LogP contribution in [0.1, 0.15) is 28.5 Å². The molecule has 34 heavy (non-hydrogen) atoms. The molecule has 9 heteroatoms. The minimum absolute atomic E-state index is 0.312. The van der Waals surface area contributed by atoms with E-state index in [1.165, 1.54) is 0 Å². The van der Waals surface area contributed by atoms with Crippen LogP contribution in [0.4, 0.5) is 0 Å². The van der Waals surface area contributed by atoms with Crippen LogP contribution in [0.25, 0.3) is 22.7 Å². The van der Waals surface area contributed by atoms with Crippen molar-refractivity contribution in [3.05, 3.63) is 102 Å². The van der Waals surface area contributed by atoms with Gasteiger partial charge >= 0.3 is 0 Å². The number of pyridine rings is 1. The number of hydrogen-bond donors (Lipinski definition) is 0. The summed E-state index contributed by atoms with van der Waals surface area (Å²) < 4.78 is 15.8. The monoisotopic (exact) mass is 447 g/mol. The summed E-state index contributed by atoms with van der Waals surface area (Å²) in [4.78, 5) is 13.6. The van der Waals surface area contributed by atoms with E-state index in [9.17, 15) is 0 Å². The summed E-state index contributed by atoms with van der Waals surface area (Å²) in [5.74, 6) is 2.06. The topological polar surface area (TPSA) is 96.2 Å². The van der Waals surface area contributed by atoms with Gasteiger partial charge in [-0.3, -0.25) is 4.98 Å². The molecule has 0 bridgehead atoms. The summed E-state index contributed by atoms with van der Waals surface area (Å²) >= 11 is 0. The number of aromatic nitrogens is 7. The molecule has 164 valence electrons. The first kappa shape index (κ1) is 18.8. The molecule has 1 unspecified atom stereocenters. The lowest BCUT2D eigenvalue weighted by molar-refractivity contribution is 0.392. The Morgan fingerprint density at radius 3 is 2.65 bits per heavy atom. The SMILES string of the molecule is Cc1nn(-c2ccccc2)c2c1C(c1ccco1)c1c(ncn3nc(-c4cccnc4)nc13)O2. The first-order valence-corrected chi connectivity index (χ1v) is 10.8. The third-order valence-corrected chi connectivity index (χ3v) is 5.97. The van der Waals surface area contributed by atoms with Crippen LogP contribution in [0.3, 0.4) is 0 Å². The van der Waals surface area contributed by atoms with Crippen LogP contribution >= 0.6 is 0 Å². The molecule has 0 radical (unpaired) electrons. The van der Waals surface area contributed by atoms with Crippen molar-refractivity contribution in [3.63, 3.8) is 0 Å². The quantitative estimate of drug-likeness (QED) is 0.392. The Labute approximate surface area is 193 Å². The molecule has 6 aromatic rings. The summed E-state index contributed by atoms with van der Waals surface area (Å²) in [6.45, 7) is 1.97. The van der Waals surface area contributed by atoms with Crippen LogP contribution < -0.4 is 4.74 Å². The van der Waals surface area contributed by atoms with E-state index in [1.807, 2.05) is 61.5 Å². The van der Waals surface area contributed by atoms with Gasteiger partial charge in [-0.25, -0.2) is 19.2 Å². The number of fused-ring (bicyclic) bond motifs is 4. The zero-order valence-corrected chi connectivity index (χ0v) is 18.0. The lowest BCUT2D eigenvalue weighted by atomic mass is 9.88. The normalized spacial score (nSPS) is 14.6. The van der Waals surface area contributed by atoms with Gasteiger partial charge in [-0.15, -0.1) is 5.10 Å². The van der Waals surface area contributed by atoms with Crippen molar-refractivity contribution in [3.8, 4) is 28.8 Å². The molecule has 0 aliphatic carbocycles. The number of hydrogen-bond acceptors (Lipinski definition) is 7.